The lowest BCUT2D eigenvalue weighted by molar-refractivity contribution is 0.0934. The third-order valence-electron chi connectivity index (χ3n) is 3.07. The van der Waals surface area contributed by atoms with Crippen molar-refractivity contribution >= 4 is 17.7 Å². The van der Waals surface area contributed by atoms with Crippen LogP contribution in [0.25, 0.3) is 0 Å². The van der Waals surface area contributed by atoms with Crippen LogP contribution in [0.5, 0.6) is 0 Å². The van der Waals surface area contributed by atoms with Gasteiger partial charge in [0, 0.05) is 17.1 Å². The summed E-state index contributed by atoms with van der Waals surface area (Å²) in [5.74, 6) is -0.0533. The summed E-state index contributed by atoms with van der Waals surface area (Å²) in [6.45, 7) is 4.14. The summed E-state index contributed by atoms with van der Waals surface area (Å²) in [5.41, 5.74) is 0.634. The summed E-state index contributed by atoms with van der Waals surface area (Å²) < 4.78 is 0. The molecule has 0 radical (unpaired) electrons. The van der Waals surface area contributed by atoms with Crippen LogP contribution in [-0.2, 0) is 0 Å². The molecule has 0 saturated heterocycles. The number of hydrogen-bond donors (Lipinski definition) is 1. The van der Waals surface area contributed by atoms with Crippen molar-refractivity contribution in [1.82, 2.24) is 10.3 Å². The topological polar surface area (TPSA) is 42.0 Å². The molecule has 1 unspecified atom stereocenters. The molecule has 1 N–H and O–H groups in total. The number of rotatable bonds is 6. The number of carbonyl (C=O) groups excluding carboxylic acids is 1. The van der Waals surface area contributed by atoms with Gasteiger partial charge in [-0.2, -0.15) is 0 Å². The Balaban J connectivity index is 2.15. The number of pyridine rings is 1. The zero-order valence-electron chi connectivity index (χ0n) is 12.4. The van der Waals surface area contributed by atoms with Gasteiger partial charge in [-0.15, -0.1) is 0 Å². The summed E-state index contributed by atoms with van der Waals surface area (Å²) in [6.07, 6.45) is 3.75. The number of amides is 1. The van der Waals surface area contributed by atoms with Gasteiger partial charge in [0.15, 0.2) is 0 Å². The van der Waals surface area contributed by atoms with Crippen molar-refractivity contribution in [1.29, 1.82) is 0 Å². The smallest absolute Gasteiger partial charge is 0.254 e. The van der Waals surface area contributed by atoms with E-state index >= 15 is 0 Å². The zero-order chi connectivity index (χ0) is 15.1. The number of carbonyl (C=O) groups is 1. The molecule has 21 heavy (non-hydrogen) atoms. The maximum atomic E-state index is 12.4. The fourth-order valence-electron chi connectivity index (χ4n) is 2.05. The average Bonchev–Trinajstić information content (AvgIpc) is 2.49. The highest BCUT2D eigenvalue weighted by Gasteiger charge is 2.15. The SMILES string of the molecule is CCCC(C)NC(=O)c1cccnc1Sc1ccccc1. The van der Waals surface area contributed by atoms with Crippen LogP contribution in [0.3, 0.4) is 0 Å². The van der Waals surface area contributed by atoms with Crippen LogP contribution < -0.4 is 5.32 Å². The van der Waals surface area contributed by atoms with Gasteiger partial charge in [0.25, 0.3) is 5.91 Å². The van der Waals surface area contributed by atoms with Crippen LogP contribution in [0.1, 0.15) is 37.0 Å². The van der Waals surface area contributed by atoms with E-state index in [-0.39, 0.29) is 11.9 Å². The van der Waals surface area contributed by atoms with Crippen molar-refractivity contribution in [3.8, 4) is 0 Å². The Morgan fingerprint density at radius 3 is 2.71 bits per heavy atom. The molecule has 2 aromatic rings. The van der Waals surface area contributed by atoms with E-state index in [9.17, 15) is 4.79 Å². The standard InChI is InChI=1S/C17H20N2OS/c1-3-8-13(2)19-16(20)15-11-7-12-18-17(15)21-14-9-5-4-6-10-14/h4-7,9-13H,3,8H2,1-2H3,(H,19,20). The first-order valence-electron chi connectivity index (χ1n) is 7.19. The maximum Gasteiger partial charge on any atom is 0.254 e. The van der Waals surface area contributed by atoms with Crippen molar-refractivity contribution in [3.63, 3.8) is 0 Å². The zero-order valence-corrected chi connectivity index (χ0v) is 13.2. The Hall–Kier alpha value is -1.81. The molecule has 3 nitrogen and oxygen atoms in total. The fraction of sp³-hybridized carbons (Fsp3) is 0.294. The second kappa shape index (κ2) is 7.84. The van der Waals surface area contributed by atoms with Gasteiger partial charge in [-0.1, -0.05) is 43.3 Å². The minimum atomic E-state index is -0.0533. The fourth-order valence-corrected chi connectivity index (χ4v) is 2.95. The van der Waals surface area contributed by atoms with E-state index in [1.807, 2.05) is 43.3 Å². The van der Waals surface area contributed by atoms with Gasteiger partial charge in [0.2, 0.25) is 0 Å². The maximum absolute atomic E-state index is 12.4. The lowest BCUT2D eigenvalue weighted by atomic mass is 10.2. The van der Waals surface area contributed by atoms with Crippen molar-refractivity contribution in [3.05, 3.63) is 54.2 Å². The van der Waals surface area contributed by atoms with E-state index in [0.29, 0.717) is 5.56 Å². The first kappa shape index (κ1) is 15.6. The average molecular weight is 300 g/mol. The Bertz CT molecular complexity index is 586. The second-order valence-corrected chi connectivity index (χ2v) is 6.00. The number of aromatic nitrogens is 1. The molecule has 1 aromatic heterocycles. The highest BCUT2D eigenvalue weighted by Crippen LogP contribution is 2.28. The van der Waals surface area contributed by atoms with Gasteiger partial charge in [-0.3, -0.25) is 4.79 Å². The highest BCUT2D eigenvalue weighted by molar-refractivity contribution is 7.99. The predicted octanol–water partition coefficient (Wildman–Crippen LogP) is 4.15. The van der Waals surface area contributed by atoms with E-state index in [2.05, 4.69) is 17.2 Å². The monoisotopic (exact) mass is 300 g/mol. The van der Waals surface area contributed by atoms with E-state index in [1.54, 1.807) is 12.3 Å². The molecule has 1 heterocycles. The van der Waals surface area contributed by atoms with E-state index in [1.165, 1.54) is 11.8 Å². The highest BCUT2D eigenvalue weighted by atomic mass is 32.2. The van der Waals surface area contributed by atoms with Gasteiger partial charge in [-0.05, 0) is 37.6 Å². The molecule has 0 aliphatic rings. The summed E-state index contributed by atoms with van der Waals surface area (Å²) in [4.78, 5) is 17.8. The minimum Gasteiger partial charge on any atom is -0.350 e. The van der Waals surface area contributed by atoms with Crippen LogP contribution in [0.15, 0.2) is 58.6 Å². The molecule has 0 aliphatic heterocycles. The van der Waals surface area contributed by atoms with Crippen molar-refractivity contribution < 1.29 is 4.79 Å². The van der Waals surface area contributed by atoms with Gasteiger partial charge < -0.3 is 5.32 Å². The third-order valence-corrected chi connectivity index (χ3v) is 4.10. The molecule has 0 bridgehead atoms. The summed E-state index contributed by atoms with van der Waals surface area (Å²) in [5, 5.41) is 3.77. The Morgan fingerprint density at radius 2 is 2.00 bits per heavy atom. The number of nitrogens with one attached hydrogen (secondary N) is 1. The summed E-state index contributed by atoms with van der Waals surface area (Å²) in [7, 11) is 0. The predicted molar refractivity (Wildman–Crippen MR) is 86.6 cm³/mol. The van der Waals surface area contributed by atoms with Crippen LogP contribution in [0.4, 0.5) is 0 Å². The first-order chi connectivity index (χ1) is 10.2. The molecule has 1 amide bonds. The minimum absolute atomic E-state index is 0.0533. The Labute approximate surface area is 130 Å². The normalized spacial score (nSPS) is 11.9. The van der Waals surface area contributed by atoms with Crippen LogP contribution in [-0.4, -0.2) is 16.9 Å². The number of nitrogens with zero attached hydrogens (tertiary/aromatic N) is 1. The summed E-state index contributed by atoms with van der Waals surface area (Å²) in [6, 6.07) is 13.8. The molecular weight excluding hydrogens is 280 g/mol. The lowest BCUT2D eigenvalue weighted by Gasteiger charge is -2.14. The molecule has 0 fully saturated rings. The molecule has 1 atom stereocenters. The van der Waals surface area contributed by atoms with E-state index < -0.39 is 0 Å². The second-order valence-electron chi connectivity index (χ2n) is 4.93. The molecule has 110 valence electrons. The molecule has 0 saturated carbocycles. The van der Waals surface area contributed by atoms with Gasteiger partial charge in [-0.25, -0.2) is 4.98 Å². The molecule has 4 heteroatoms. The van der Waals surface area contributed by atoms with Gasteiger partial charge in [0.05, 0.1) is 5.56 Å². The van der Waals surface area contributed by atoms with Crippen LogP contribution in [0.2, 0.25) is 0 Å². The lowest BCUT2D eigenvalue weighted by Crippen LogP contribution is -2.32. The third kappa shape index (κ3) is 4.60. The Kier molecular flexibility index (Phi) is 5.81. The Morgan fingerprint density at radius 1 is 1.24 bits per heavy atom. The van der Waals surface area contributed by atoms with E-state index in [0.717, 1.165) is 22.8 Å². The first-order valence-corrected chi connectivity index (χ1v) is 8.01. The van der Waals surface area contributed by atoms with Gasteiger partial charge in [0.1, 0.15) is 5.03 Å². The molecular formula is C17H20N2OS. The number of hydrogen-bond acceptors (Lipinski definition) is 3. The quantitative estimate of drug-likeness (QED) is 0.871. The van der Waals surface area contributed by atoms with Gasteiger partial charge >= 0.3 is 0 Å². The summed E-state index contributed by atoms with van der Waals surface area (Å²) >= 11 is 1.51. The molecule has 0 spiro atoms. The largest absolute Gasteiger partial charge is 0.350 e. The molecule has 2 rings (SSSR count). The van der Waals surface area contributed by atoms with Crippen LogP contribution in [0, 0.1) is 0 Å². The number of benzene rings is 1. The van der Waals surface area contributed by atoms with Crippen molar-refractivity contribution in [2.24, 2.45) is 0 Å². The van der Waals surface area contributed by atoms with Crippen molar-refractivity contribution in [2.75, 3.05) is 0 Å². The molecule has 0 aliphatic carbocycles. The van der Waals surface area contributed by atoms with Crippen molar-refractivity contribution in [2.45, 2.75) is 42.7 Å². The molecule has 1 aromatic carbocycles. The van der Waals surface area contributed by atoms with Crippen LogP contribution >= 0.6 is 11.8 Å². The van der Waals surface area contributed by atoms with E-state index in [4.69, 9.17) is 0 Å².